The number of rotatable bonds is 4. The Kier molecular flexibility index (Phi) is 6.42. The van der Waals surface area contributed by atoms with E-state index in [0.717, 1.165) is 43.7 Å². The first-order valence-electron chi connectivity index (χ1n) is 10.8. The largest absolute Gasteiger partial charge is 0.478 e. The van der Waals surface area contributed by atoms with Crippen molar-refractivity contribution in [3.8, 4) is 0 Å². The Bertz CT molecular complexity index is 1150. The van der Waals surface area contributed by atoms with Crippen LogP contribution in [0.4, 0.5) is 4.39 Å². The van der Waals surface area contributed by atoms with E-state index in [-0.39, 0.29) is 16.8 Å². The molecule has 0 unspecified atom stereocenters. The number of nitrogens with zero attached hydrogens (tertiary/aromatic N) is 1. The van der Waals surface area contributed by atoms with Crippen molar-refractivity contribution in [1.29, 1.82) is 0 Å². The summed E-state index contributed by atoms with van der Waals surface area (Å²) in [5.74, 6) is -1.99. The van der Waals surface area contributed by atoms with Gasteiger partial charge in [-0.15, -0.1) is 0 Å². The summed E-state index contributed by atoms with van der Waals surface area (Å²) in [6, 6.07) is 9.10. The highest BCUT2D eigenvalue weighted by Crippen LogP contribution is 2.43. The van der Waals surface area contributed by atoms with Crippen molar-refractivity contribution < 1.29 is 19.1 Å². The van der Waals surface area contributed by atoms with Gasteiger partial charge in [0.15, 0.2) is 0 Å². The first-order chi connectivity index (χ1) is 15.4. The van der Waals surface area contributed by atoms with Crippen molar-refractivity contribution in [2.24, 2.45) is 10.7 Å². The highest BCUT2D eigenvalue weighted by Gasteiger charge is 2.30. The number of allylic oxidation sites excluding steroid dienone is 1. The molecule has 166 valence electrons. The van der Waals surface area contributed by atoms with Gasteiger partial charge in [0.2, 0.25) is 0 Å². The van der Waals surface area contributed by atoms with Crippen LogP contribution in [0.15, 0.2) is 47.0 Å². The summed E-state index contributed by atoms with van der Waals surface area (Å²) in [7, 11) is 0. The highest BCUT2D eigenvalue weighted by atomic mass is 35.5. The van der Waals surface area contributed by atoms with Crippen molar-refractivity contribution in [1.82, 2.24) is 0 Å². The molecule has 2 aliphatic rings. The molecule has 0 spiro atoms. The van der Waals surface area contributed by atoms with Crippen molar-refractivity contribution in [3.05, 3.63) is 75.1 Å². The van der Waals surface area contributed by atoms with Crippen LogP contribution in [0.5, 0.6) is 0 Å². The quantitative estimate of drug-likeness (QED) is 0.556. The third-order valence-electron chi connectivity index (χ3n) is 6.03. The number of benzene rings is 2. The van der Waals surface area contributed by atoms with Gasteiger partial charge in [0.05, 0.1) is 16.1 Å². The number of amides is 1. The summed E-state index contributed by atoms with van der Waals surface area (Å²) < 4.78 is 14.7. The van der Waals surface area contributed by atoms with Crippen LogP contribution in [-0.4, -0.2) is 22.7 Å². The number of carboxylic acids is 1. The molecule has 0 aliphatic heterocycles. The molecular formula is C25H24ClFN2O3. The molecule has 0 radical (unpaired) electrons. The lowest BCUT2D eigenvalue weighted by molar-refractivity contribution is 0.0696. The van der Waals surface area contributed by atoms with Gasteiger partial charge in [-0.2, -0.15) is 0 Å². The summed E-state index contributed by atoms with van der Waals surface area (Å²) >= 11 is 6.38. The summed E-state index contributed by atoms with van der Waals surface area (Å²) in [5.41, 5.74) is 9.06. The molecule has 32 heavy (non-hydrogen) atoms. The SMILES string of the molecule is NC(=C1CCCCCC1=NC(=O)c1c(Cl)cccc1C1CC1)c1ccc(C(=O)O)cc1F. The van der Waals surface area contributed by atoms with Crippen LogP contribution in [0, 0.1) is 5.82 Å². The minimum absolute atomic E-state index is 0.114. The van der Waals surface area contributed by atoms with Gasteiger partial charge < -0.3 is 10.8 Å². The topological polar surface area (TPSA) is 92.8 Å². The van der Waals surface area contributed by atoms with Crippen molar-refractivity contribution in [3.63, 3.8) is 0 Å². The molecule has 4 rings (SSSR count). The van der Waals surface area contributed by atoms with Crippen molar-refractivity contribution in [2.75, 3.05) is 0 Å². The fourth-order valence-electron chi connectivity index (χ4n) is 4.19. The Morgan fingerprint density at radius 2 is 1.84 bits per heavy atom. The van der Waals surface area contributed by atoms with Gasteiger partial charge in [-0.25, -0.2) is 14.2 Å². The lowest BCUT2D eigenvalue weighted by Crippen LogP contribution is -2.14. The normalized spacial score (nSPS) is 19.5. The Balaban J connectivity index is 1.76. The second-order valence-corrected chi connectivity index (χ2v) is 8.70. The van der Waals surface area contributed by atoms with Crippen LogP contribution in [0.25, 0.3) is 5.70 Å². The van der Waals surface area contributed by atoms with Crippen LogP contribution < -0.4 is 5.73 Å². The van der Waals surface area contributed by atoms with Crippen molar-refractivity contribution in [2.45, 2.75) is 50.9 Å². The van der Waals surface area contributed by atoms with Crippen LogP contribution in [-0.2, 0) is 0 Å². The van der Waals surface area contributed by atoms with Gasteiger partial charge in [0.25, 0.3) is 5.91 Å². The third kappa shape index (κ3) is 4.60. The molecule has 7 heteroatoms. The lowest BCUT2D eigenvalue weighted by Gasteiger charge is -2.14. The fourth-order valence-corrected chi connectivity index (χ4v) is 4.45. The summed E-state index contributed by atoms with van der Waals surface area (Å²) in [6.07, 6.45) is 5.82. The Morgan fingerprint density at radius 3 is 2.53 bits per heavy atom. The maximum absolute atomic E-state index is 14.7. The summed E-state index contributed by atoms with van der Waals surface area (Å²) in [4.78, 5) is 28.8. The van der Waals surface area contributed by atoms with Gasteiger partial charge in [0.1, 0.15) is 5.82 Å². The molecule has 2 aliphatic carbocycles. The molecular weight excluding hydrogens is 431 g/mol. The van der Waals surface area contributed by atoms with E-state index in [1.165, 1.54) is 12.1 Å². The second kappa shape index (κ2) is 9.25. The number of hydrogen-bond donors (Lipinski definition) is 2. The first-order valence-corrected chi connectivity index (χ1v) is 11.2. The van der Waals surface area contributed by atoms with Gasteiger partial charge in [-0.1, -0.05) is 30.2 Å². The number of carbonyl (C=O) groups excluding carboxylic acids is 1. The monoisotopic (exact) mass is 454 g/mol. The minimum Gasteiger partial charge on any atom is -0.478 e. The number of nitrogens with two attached hydrogens (primary N) is 1. The van der Waals surface area contributed by atoms with Crippen LogP contribution >= 0.6 is 11.6 Å². The zero-order chi connectivity index (χ0) is 22.8. The molecule has 2 aromatic carbocycles. The number of aromatic carboxylic acids is 1. The van der Waals surface area contributed by atoms with Gasteiger partial charge in [0, 0.05) is 17.0 Å². The van der Waals surface area contributed by atoms with Crippen LogP contribution in [0.2, 0.25) is 5.02 Å². The molecule has 5 nitrogen and oxygen atoms in total. The zero-order valence-corrected chi connectivity index (χ0v) is 18.3. The Labute approximate surface area is 190 Å². The summed E-state index contributed by atoms with van der Waals surface area (Å²) in [5, 5.41) is 9.47. The highest BCUT2D eigenvalue weighted by molar-refractivity contribution is 6.34. The van der Waals surface area contributed by atoms with E-state index in [2.05, 4.69) is 4.99 Å². The predicted molar refractivity (Wildman–Crippen MR) is 123 cm³/mol. The zero-order valence-electron chi connectivity index (χ0n) is 17.5. The van der Waals surface area contributed by atoms with Crippen LogP contribution in [0.1, 0.15) is 82.7 Å². The van der Waals surface area contributed by atoms with E-state index in [1.807, 2.05) is 12.1 Å². The van der Waals surface area contributed by atoms with E-state index in [0.29, 0.717) is 40.6 Å². The maximum Gasteiger partial charge on any atom is 0.335 e. The average Bonchev–Trinajstić information content (AvgIpc) is 3.61. The van der Waals surface area contributed by atoms with E-state index in [4.69, 9.17) is 22.4 Å². The van der Waals surface area contributed by atoms with Crippen LogP contribution in [0.3, 0.4) is 0 Å². The maximum atomic E-state index is 14.7. The summed E-state index contributed by atoms with van der Waals surface area (Å²) in [6.45, 7) is 0. The van der Waals surface area contributed by atoms with Crippen molar-refractivity contribution >= 4 is 34.9 Å². The van der Waals surface area contributed by atoms with E-state index in [1.54, 1.807) is 6.07 Å². The minimum atomic E-state index is -1.21. The molecule has 0 saturated heterocycles. The third-order valence-corrected chi connectivity index (χ3v) is 6.35. The number of aliphatic imine (C=N–C) groups is 1. The first kappa shape index (κ1) is 22.2. The van der Waals surface area contributed by atoms with Gasteiger partial charge in [-0.05, 0) is 79.8 Å². The molecule has 3 N–H and O–H groups in total. The fraction of sp³-hybridized carbons (Fsp3) is 0.320. The Morgan fingerprint density at radius 1 is 1.09 bits per heavy atom. The Hall–Kier alpha value is -2.99. The van der Waals surface area contributed by atoms with E-state index in [9.17, 15) is 14.0 Å². The number of hydrogen-bond acceptors (Lipinski definition) is 3. The molecule has 2 fully saturated rings. The molecule has 0 bridgehead atoms. The number of carboxylic acid groups (broad SMARTS) is 1. The molecule has 2 aromatic rings. The second-order valence-electron chi connectivity index (χ2n) is 8.29. The predicted octanol–water partition coefficient (Wildman–Crippen LogP) is 5.97. The standard InChI is InChI=1S/C25H24ClFN2O3/c26-19-7-4-6-16(14-9-10-14)22(19)24(30)29-21-8-3-1-2-5-18(21)23(28)17-12-11-15(25(31)32)13-20(17)27/h4,6-7,11-14H,1-3,5,8-10,28H2,(H,31,32). The molecule has 0 atom stereocenters. The number of carbonyl (C=O) groups is 2. The van der Waals surface area contributed by atoms with Gasteiger partial charge in [-0.3, -0.25) is 4.79 Å². The van der Waals surface area contributed by atoms with E-state index < -0.39 is 17.7 Å². The molecule has 2 saturated carbocycles. The molecule has 0 heterocycles. The smallest absolute Gasteiger partial charge is 0.335 e. The molecule has 1 amide bonds. The van der Waals surface area contributed by atoms with E-state index >= 15 is 0 Å². The average molecular weight is 455 g/mol. The number of halogens is 2. The molecule has 0 aromatic heterocycles. The lowest BCUT2D eigenvalue weighted by atomic mass is 9.97. The van der Waals surface area contributed by atoms with Gasteiger partial charge >= 0.3 is 5.97 Å².